The highest BCUT2D eigenvalue weighted by atomic mass is 35.5. The summed E-state index contributed by atoms with van der Waals surface area (Å²) >= 11 is 5.92. The summed E-state index contributed by atoms with van der Waals surface area (Å²) in [6.45, 7) is 0.378. The molecule has 1 N–H and O–H groups in total. The van der Waals surface area contributed by atoms with Crippen LogP contribution in [-0.2, 0) is 18.8 Å². The third kappa shape index (κ3) is 7.34. The maximum absolute atomic E-state index is 13.6. The Morgan fingerprint density at radius 3 is 2.12 bits per heavy atom. The molecule has 0 aliphatic carbocycles. The molecule has 0 spiro atoms. The van der Waals surface area contributed by atoms with E-state index in [9.17, 15) is 35.9 Å². The number of Topliss-reactive ketones (excluding diaryl/α,β-unsaturated/α-hetero) is 1. The van der Waals surface area contributed by atoms with Gasteiger partial charge in [-0.2, -0.15) is 26.3 Å². The standard InChI is InChI=1S/C30H24ClF6N3O2.ClH/c31-23-7-5-18(6-8-23)27(41)17-39-9-10-40(24(16-39)13-20-15-38-26-4-2-1-3-25(20)26)28(42)19-11-21(29(32,33)34)14-22(12-19)30(35,36)37;/h1-8,11-12,14-15,24,38H,9-10,13,16-17H2;1H/t24-;/m1./s1. The van der Waals surface area contributed by atoms with Gasteiger partial charge in [-0.3, -0.25) is 14.5 Å². The van der Waals surface area contributed by atoms with Gasteiger partial charge in [0.05, 0.1) is 17.7 Å². The largest absolute Gasteiger partial charge is 0.416 e. The molecule has 2 heterocycles. The Bertz CT molecular complexity index is 1590. The molecule has 1 atom stereocenters. The van der Waals surface area contributed by atoms with E-state index in [1.165, 1.54) is 4.90 Å². The third-order valence-electron chi connectivity index (χ3n) is 7.33. The Labute approximate surface area is 253 Å². The number of carbonyl (C=O) groups excluding carboxylic acids is 2. The lowest BCUT2D eigenvalue weighted by Gasteiger charge is -2.41. The van der Waals surface area contributed by atoms with Gasteiger partial charge in [-0.1, -0.05) is 29.8 Å². The molecule has 228 valence electrons. The van der Waals surface area contributed by atoms with Crippen molar-refractivity contribution >= 4 is 46.6 Å². The average Bonchev–Trinajstić information content (AvgIpc) is 3.34. The van der Waals surface area contributed by atoms with Crippen molar-refractivity contribution in [3.63, 3.8) is 0 Å². The Balaban J connectivity index is 0.00000423. The number of hydrogen-bond donors (Lipinski definition) is 1. The van der Waals surface area contributed by atoms with Crippen molar-refractivity contribution < 1.29 is 35.9 Å². The van der Waals surface area contributed by atoms with Crippen LogP contribution in [-0.4, -0.2) is 58.7 Å². The number of piperazine rings is 1. The first-order chi connectivity index (χ1) is 19.8. The van der Waals surface area contributed by atoms with Gasteiger partial charge in [-0.05, 0) is 60.5 Å². The molecule has 1 saturated heterocycles. The molecule has 1 amide bonds. The molecule has 43 heavy (non-hydrogen) atoms. The quantitative estimate of drug-likeness (QED) is 0.175. The number of halogens is 8. The van der Waals surface area contributed by atoms with E-state index < -0.39 is 41.0 Å². The Kier molecular flexibility index (Phi) is 9.48. The number of benzene rings is 3. The van der Waals surface area contributed by atoms with Gasteiger partial charge in [-0.15, -0.1) is 12.4 Å². The van der Waals surface area contributed by atoms with Crippen molar-refractivity contribution in [1.82, 2.24) is 14.8 Å². The van der Waals surface area contributed by atoms with Crippen molar-refractivity contribution in [3.8, 4) is 0 Å². The number of amides is 1. The van der Waals surface area contributed by atoms with E-state index in [-0.39, 0.29) is 56.9 Å². The van der Waals surface area contributed by atoms with Gasteiger partial charge < -0.3 is 9.88 Å². The summed E-state index contributed by atoms with van der Waals surface area (Å²) in [5.74, 6) is -1.13. The lowest BCUT2D eigenvalue weighted by Crippen LogP contribution is -2.56. The zero-order valence-electron chi connectivity index (χ0n) is 22.3. The van der Waals surface area contributed by atoms with Gasteiger partial charge in [0.25, 0.3) is 5.91 Å². The van der Waals surface area contributed by atoms with Gasteiger partial charge in [0.15, 0.2) is 5.78 Å². The number of aromatic nitrogens is 1. The van der Waals surface area contributed by atoms with E-state index in [4.69, 9.17) is 11.6 Å². The summed E-state index contributed by atoms with van der Waals surface area (Å²) in [6, 6.07) is 14.1. The monoisotopic (exact) mass is 643 g/mol. The van der Waals surface area contributed by atoms with E-state index >= 15 is 0 Å². The third-order valence-corrected chi connectivity index (χ3v) is 7.58. The second-order valence-electron chi connectivity index (χ2n) is 10.2. The molecular formula is C30H25Cl2F6N3O2. The summed E-state index contributed by atoms with van der Waals surface area (Å²) in [4.78, 5) is 32.8. The zero-order valence-corrected chi connectivity index (χ0v) is 23.9. The Hall–Kier alpha value is -3.54. The van der Waals surface area contributed by atoms with Crippen molar-refractivity contribution in [2.75, 3.05) is 26.2 Å². The van der Waals surface area contributed by atoms with Crippen LogP contribution in [0.1, 0.15) is 37.4 Å². The van der Waals surface area contributed by atoms with Crippen LogP contribution in [0.4, 0.5) is 26.3 Å². The van der Waals surface area contributed by atoms with Crippen molar-refractivity contribution in [1.29, 1.82) is 0 Å². The fourth-order valence-corrected chi connectivity index (χ4v) is 5.36. The molecule has 0 bridgehead atoms. The molecule has 0 saturated carbocycles. The van der Waals surface area contributed by atoms with Crippen molar-refractivity contribution in [2.45, 2.75) is 24.8 Å². The molecule has 1 fully saturated rings. The van der Waals surface area contributed by atoms with Gasteiger partial charge in [0, 0.05) is 58.9 Å². The first-order valence-electron chi connectivity index (χ1n) is 13.0. The summed E-state index contributed by atoms with van der Waals surface area (Å²) in [6.07, 6.45) is -8.15. The normalized spacial score (nSPS) is 16.3. The minimum absolute atomic E-state index is 0. The van der Waals surface area contributed by atoms with E-state index in [0.717, 1.165) is 16.5 Å². The highest BCUT2D eigenvalue weighted by Gasteiger charge is 2.39. The van der Waals surface area contributed by atoms with Crippen LogP contribution in [0.15, 0.2) is 72.9 Å². The van der Waals surface area contributed by atoms with Crippen LogP contribution in [0.25, 0.3) is 10.9 Å². The first kappa shape index (κ1) is 32.4. The molecule has 0 radical (unpaired) electrons. The number of ketones is 1. The second-order valence-corrected chi connectivity index (χ2v) is 10.6. The fraction of sp³-hybridized carbons (Fsp3) is 0.267. The first-order valence-corrected chi connectivity index (χ1v) is 13.3. The lowest BCUT2D eigenvalue weighted by atomic mass is 9.98. The molecule has 1 aromatic heterocycles. The predicted molar refractivity (Wildman–Crippen MR) is 153 cm³/mol. The summed E-state index contributed by atoms with van der Waals surface area (Å²) in [5.41, 5.74) is -1.72. The molecule has 0 unspecified atom stereocenters. The smallest absolute Gasteiger partial charge is 0.361 e. The molecule has 4 aromatic rings. The summed E-state index contributed by atoms with van der Waals surface area (Å²) in [5, 5.41) is 1.35. The van der Waals surface area contributed by atoms with Crippen molar-refractivity contribution in [2.24, 2.45) is 0 Å². The van der Waals surface area contributed by atoms with Crippen molar-refractivity contribution in [3.05, 3.63) is 106 Å². The molecule has 3 aromatic carbocycles. The van der Waals surface area contributed by atoms with E-state index in [1.807, 2.05) is 29.2 Å². The van der Waals surface area contributed by atoms with E-state index in [0.29, 0.717) is 22.7 Å². The number of nitrogens with one attached hydrogen (secondary N) is 1. The molecule has 5 nitrogen and oxygen atoms in total. The minimum atomic E-state index is -5.08. The fourth-order valence-electron chi connectivity index (χ4n) is 5.23. The SMILES string of the molecule is Cl.O=C(CN1CCN(C(=O)c2cc(C(F)(F)F)cc(C(F)(F)F)c2)[C@H](Cc2c[nH]c3ccccc23)C1)c1ccc(Cl)cc1. The number of para-hydroxylation sites is 1. The highest BCUT2D eigenvalue weighted by molar-refractivity contribution is 6.30. The summed E-state index contributed by atoms with van der Waals surface area (Å²) in [7, 11) is 0. The summed E-state index contributed by atoms with van der Waals surface area (Å²) < 4.78 is 81.1. The average molecular weight is 644 g/mol. The Morgan fingerprint density at radius 1 is 0.860 bits per heavy atom. The van der Waals surface area contributed by atoms with Crippen LogP contribution in [0.2, 0.25) is 5.02 Å². The molecule has 1 aliphatic rings. The van der Waals surface area contributed by atoms with Crippen LogP contribution in [0.5, 0.6) is 0 Å². The number of carbonyl (C=O) groups is 2. The Morgan fingerprint density at radius 2 is 1.49 bits per heavy atom. The predicted octanol–water partition coefficient (Wildman–Crippen LogP) is 7.53. The number of nitrogens with zero attached hydrogens (tertiary/aromatic N) is 2. The van der Waals surface area contributed by atoms with E-state index in [1.54, 1.807) is 30.5 Å². The number of rotatable bonds is 6. The van der Waals surface area contributed by atoms with Gasteiger partial charge in [0.1, 0.15) is 0 Å². The number of fused-ring (bicyclic) bond motifs is 1. The number of hydrogen-bond acceptors (Lipinski definition) is 3. The van der Waals surface area contributed by atoms with Crippen LogP contribution in [0, 0.1) is 0 Å². The molecular weight excluding hydrogens is 619 g/mol. The maximum Gasteiger partial charge on any atom is 0.416 e. The lowest BCUT2D eigenvalue weighted by molar-refractivity contribution is -0.143. The molecule has 13 heteroatoms. The molecule has 5 rings (SSSR count). The zero-order chi connectivity index (χ0) is 30.2. The van der Waals surface area contributed by atoms with E-state index in [2.05, 4.69) is 4.98 Å². The second kappa shape index (κ2) is 12.6. The van der Waals surface area contributed by atoms with Gasteiger partial charge >= 0.3 is 12.4 Å². The van der Waals surface area contributed by atoms with Crippen LogP contribution >= 0.6 is 24.0 Å². The number of aromatic amines is 1. The highest BCUT2D eigenvalue weighted by Crippen LogP contribution is 2.37. The molecule has 1 aliphatic heterocycles. The van der Waals surface area contributed by atoms with Gasteiger partial charge in [-0.25, -0.2) is 0 Å². The van der Waals surface area contributed by atoms with Crippen LogP contribution in [0.3, 0.4) is 0 Å². The maximum atomic E-state index is 13.6. The minimum Gasteiger partial charge on any atom is -0.361 e. The van der Waals surface area contributed by atoms with Gasteiger partial charge in [0.2, 0.25) is 0 Å². The van der Waals surface area contributed by atoms with Crippen LogP contribution < -0.4 is 0 Å². The number of H-pyrrole nitrogens is 1. The topological polar surface area (TPSA) is 56.4 Å². The number of alkyl halides is 6.